The monoisotopic (exact) mass is 581 g/mol. The molecule has 1 aromatic heterocycles. The van der Waals surface area contributed by atoms with Gasteiger partial charge < -0.3 is 9.73 Å². The lowest BCUT2D eigenvalue weighted by Crippen LogP contribution is -2.26. The molecule has 2 nitrogen and oxygen atoms in total. The molecule has 45 heavy (non-hydrogen) atoms. The number of hydrogen-bond acceptors (Lipinski definition) is 2. The van der Waals surface area contributed by atoms with Gasteiger partial charge >= 0.3 is 0 Å². The van der Waals surface area contributed by atoms with Crippen molar-refractivity contribution in [3.05, 3.63) is 155 Å². The second-order valence-corrected chi connectivity index (χ2v) is 13.4. The highest BCUT2D eigenvalue weighted by molar-refractivity contribution is 6.06. The predicted molar refractivity (Wildman–Crippen MR) is 188 cm³/mol. The second kappa shape index (κ2) is 9.46. The fraction of sp³-hybridized carbons (Fsp3) is 0.163. The van der Waals surface area contributed by atoms with Crippen LogP contribution in [-0.4, -0.2) is 0 Å². The lowest BCUT2D eigenvalue weighted by molar-refractivity contribution is 0.669. The number of benzene rings is 6. The van der Waals surface area contributed by atoms with Crippen LogP contribution < -0.4 is 5.32 Å². The van der Waals surface area contributed by atoms with Crippen molar-refractivity contribution in [3.8, 4) is 22.3 Å². The molecule has 9 rings (SSSR count). The minimum Gasteiger partial charge on any atom is -0.456 e. The molecule has 7 aromatic rings. The van der Waals surface area contributed by atoms with Crippen LogP contribution in [0.25, 0.3) is 44.2 Å². The van der Waals surface area contributed by atoms with Crippen LogP contribution in [0.4, 0.5) is 11.4 Å². The summed E-state index contributed by atoms with van der Waals surface area (Å²) in [6.45, 7) is 9.19. The van der Waals surface area contributed by atoms with E-state index >= 15 is 0 Å². The quantitative estimate of drug-likeness (QED) is 0.224. The molecule has 1 heterocycles. The van der Waals surface area contributed by atoms with Gasteiger partial charge in [-0.25, -0.2) is 0 Å². The zero-order valence-electron chi connectivity index (χ0n) is 26.1. The Morgan fingerprint density at radius 3 is 1.71 bits per heavy atom. The molecule has 0 bridgehead atoms. The molecule has 1 N–H and O–H groups in total. The minimum absolute atomic E-state index is 0.380. The van der Waals surface area contributed by atoms with Crippen molar-refractivity contribution >= 4 is 33.3 Å². The summed E-state index contributed by atoms with van der Waals surface area (Å²) in [4.78, 5) is 0. The van der Waals surface area contributed by atoms with Gasteiger partial charge in [0.2, 0.25) is 0 Å². The van der Waals surface area contributed by atoms with E-state index in [2.05, 4.69) is 142 Å². The van der Waals surface area contributed by atoms with Crippen LogP contribution in [0, 0.1) is 0 Å². The molecule has 0 saturated carbocycles. The topological polar surface area (TPSA) is 25.2 Å². The van der Waals surface area contributed by atoms with Gasteiger partial charge in [0.15, 0.2) is 0 Å². The number of nitrogens with one attached hydrogen (secondary N) is 1. The molecule has 218 valence electrons. The van der Waals surface area contributed by atoms with E-state index in [0.717, 1.165) is 33.3 Å². The lowest BCUT2D eigenvalue weighted by atomic mass is 9.69. The van der Waals surface area contributed by atoms with E-state index in [0.29, 0.717) is 11.8 Å². The first-order valence-corrected chi connectivity index (χ1v) is 16.2. The first-order valence-electron chi connectivity index (χ1n) is 16.2. The molecule has 1 spiro atoms. The highest BCUT2D eigenvalue weighted by Crippen LogP contribution is 2.63. The number of furan rings is 1. The lowest BCUT2D eigenvalue weighted by Gasteiger charge is -2.31. The molecule has 6 aromatic carbocycles. The first kappa shape index (κ1) is 26.3. The molecule has 0 unspecified atom stereocenters. The van der Waals surface area contributed by atoms with E-state index in [1.807, 2.05) is 12.1 Å². The van der Waals surface area contributed by atoms with Crippen molar-refractivity contribution in [2.75, 3.05) is 5.32 Å². The third-order valence-corrected chi connectivity index (χ3v) is 10.2. The Balaban J connectivity index is 1.28. The SMILES string of the molecule is CC(C)c1ccc2c(c1)C1(c3ccccc3-c3ccc(Nc4ccc5oc6ccccc6c5c4)cc31)c1cc(C(C)C)ccc1-2. The summed E-state index contributed by atoms with van der Waals surface area (Å²) in [5.74, 6) is 0.889. The molecule has 0 aliphatic heterocycles. The van der Waals surface area contributed by atoms with E-state index in [4.69, 9.17) is 4.42 Å². The summed E-state index contributed by atoms with van der Waals surface area (Å²) in [6, 6.07) is 45.1. The molecule has 2 aliphatic carbocycles. The van der Waals surface area contributed by atoms with E-state index in [1.54, 1.807) is 0 Å². The van der Waals surface area contributed by atoms with Gasteiger partial charge in [-0.3, -0.25) is 0 Å². The second-order valence-electron chi connectivity index (χ2n) is 13.4. The van der Waals surface area contributed by atoms with E-state index < -0.39 is 0 Å². The number of anilines is 2. The Bertz CT molecular complexity index is 2260. The largest absolute Gasteiger partial charge is 0.456 e. The summed E-state index contributed by atoms with van der Waals surface area (Å²) in [6.07, 6.45) is 0. The van der Waals surface area contributed by atoms with Gasteiger partial charge in [0, 0.05) is 22.1 Å². The zero-order valence-corrected chi connectivity index (χ0v) is 26.1. The molecular weight excluding hydrogens is 546 g/mol. The van der Waals surface area contributed by atoms with Crippen molar-refractivity contribution in [1.82, 2.24) is 0 Å². The van der Waals surface area contributed by atoms with Crippen molar-refractivity contribution in [2.24, 2.45) is 0 Å². The highest BCUT2D eigenvalue weighted by Gasteiger charge is 2.52. The summed E-state index contributed by atoms with van der Waals surface area (Å²) in [5.41, 5.74) is 17.2. The van der Waals surface area contributed by atoms with E-state index in [9.17, 15) is 0 Å². The molecule has 2 aliphatic rings. The maximum absolute atomic E-state index is 6.11. The van der Waals surface area contributed by atoms with Crippen LogP contribution in [0.15, 0.2) is 126 Å². The third kappa shape index (κ3) is 3.63. The Hall–Kier alpha value is -5.08. The van der Waals surface area contributed by atoms with Gasteiger partial charge in [-0.2, -0.15) is 0 Å². The van der Waals surface area contributed by atoms with Gasteiger partial charge in [0.05, 0.1) is 5.41 Å². The maximum Gasteiger partial charge on any atom is 0.135 e. The number of para-hydroxylation sites is 1. The normalized spacial score (nSPS) is 13.9. The van der Waals surface area contributed by atoms with Crippen molar-refractivity contribution < 1.29 is 4.42 Å². The van der Waals surface area contributed by atoms with Gasteiger partial charge in [-0.05, 0) is 104 Å². The van der Waals surface area contributed by atoms with Crippen LogP contribution in [0.1, 0.15) is 72.9 Å². The van der Waals surface area contributed by atoms with E-state index in [1.165, 1.54) is 55.6 Å². The number of rotatable bonds is 4. The Kier molecular flexibility index (Phi) is 5.54. The summed E-state index contributed by atoms with van der Waals surface area (Å²) >= 11 is 0. The standard InChI is InChI=1S/C43H35NO/c1-25(2)27-13-17-32-33-18-14-28(26(3)4)22-39(33)43(38(32)21-27)37-11-7-5-9-31(37)34-19-15-30(24-40(34)43)44-29-16-20-42-36(23-29)35-10-6-8-12-41(35)45-42/h5-26,44H,1-4H3. The van der Waals surface area contributed by atoms with Crippen LogP contribution in [0.3, 0.4) is 0 Å². The Morgan fingerprint density at radius 1 is 0.467 bits per heavy atom. The summed E-state index contributed by atoms with van der Waals surface area (Å²) in [7, 11) is 0. The Morgan fingerprint density at radius 2 is 1.00 bits per heavy atom. The van der Waals surface area contributed by atoms with Crippen molar-refractivity contribution in [3.63, 3.8) is 0 Å². The van der Waals surface area contributed by atoms with Gasteiger partial charge in [-0.1, -0.05) is 113 Å². The number of hydrogen-bond donors (Lipinski definition) is 1. The highest BCUT2D eigenvalue weighted by atomic mass is 16.3. The molecule has 0 saturated heterocycles. The van der Waals surface area contributed by atoms with E-state index in [-0.39, 0.29) is 5.41 Å². The molecule has 0 amide bonds. The molecule has 0 fully saturated rings. The average Bonchev–Trinajstić information content (AvgIpc) is 3.67. The van der Waals surface area contributed by atoms with Crippen LogP contribution in [0.2, 0.25) is 0 Å². The summed E-state index contributed by atoms with van der Waals surface area (Å²) in [5, 5.41) is 6.04. The van der Waals surface area contributed by atoms with Crippen LogP contribution in [-0.2, 0) is 5.41 Å². The fourth-order valence-corrected chi connectivity index (χ4v) is 7.99. The van der Waals surface area contributed by atoms with Crippen molar-refractivity contribution in [1.29, 1.82) is 0 Å². The number of fused-ring (bicyclic) bond motifs is 13. The molecule has 0 radical (unpaired) electrons. The Labute approximate surface area is 264 Å². The zero-order chi connectivity index (χ0) is 30.4. The first-order chi connectivity index (χ1) is 21.9. The summed E-state index contributed by atoms with van der Waals surface area (Å²) < 4.78 is 6.11. The van der Waals surface area contributed by atoms with Gasteiger partial charge in [0.25, 0.3) is 0 Å². The van der Waals surface area contributed by atoms with Crippen LogP contribution in [0.5, 0.6) is 0 Å². The van der Waals surface area contributed by atoms with Crippen molar-refractivity contribution in [2.45, 2.75) is 44.9 Å². The maximum atomic E-state index is 6.11. The minimum atomic E-state index is -0.380. The molecule has 2 heteroatoms. The predicted octanol–water partition coefficient (Wildman–Crippen LogP) is 11.9. The third-order valence-electron chi connectivity index (χ3n) is 10.2. The van der Waals surface area contributed by atoms with Crippen LogP contribution >= 0.6 is 0 Å². The average molecular weight is 582 g/mol. The molecule has 0 atom stereocenters. The van der Waals surface area contributed by atoms with Gasteiger partial charge in [-0.15, -0.1) is 0 Å². The van der Waals surface area contributed by atoms with Gasteiger partial charge in [0.1, 0.15) is 11.2 Å². The smallest absolute Gasteiger partial charge is 0.135 e. The fourth-order valence-electron chi connectivity index (χ4n) is 7.99. The molecular formula is C43H35NO.